The number of rotatable bonds is 2. The standard InChI is InChI=1S/2C12H13N/c1-9(2)12-7-10-5-3-4-6-11(10)8-13-12;1-9(2)12-11-6-4-3-5-10(11)7-8-13-12/h2*3-9H,1-2H3. The maximum absolute atomic E-state index is 4.41. The highest BCUT2D eigenvalue weighted by Gasteiger charge is 2.04. The Hall–Kier alpha value is -2.74. The van der Waals surface area contributed by atoms with Crippen LogP contribution in [0.15, 0.2) is 73.1 Å². The summed E-state index contributed by atoms with van der Waals surface area (Å²) in [5.74, 6) is 0.996. The number of hydrogen-bond acceptors (Lipinski definition) is 2. The molecule has 0 unspecified atom stereocenters. The molecule has 0 fully saturated rings. The molecular formula is C24H26N2. The molecule has 0 aliphatic rings. The van der Waals surface area contributed by atoms with E-state index in [9.17, 15) is 0 Å². The van der Waals surface area contributed by atoms with Gasteiger partial charge in [-0.25, -0.2) is 0 Å². The lowest BCUT2D eigenvalue weighted by molar-refractivity contribution is 0.826. The van der Waals surface area contributed by atoms with E-state index >= 15 is 0 Å². The highest BCUT2D eigenvalue weighted by Crippen LogP contribution is 2.22. The van der Waals surface area contributed by atoms with Crippen LogP contribution in [0.4, 0.5) is 0 Å². The fraction of sp³-hybridized carbons (Fsp3) is 0.250. The van der Waals surface area contributed by atoms with Crippen molar-refractivity contribution in [1.82, 2.24) is 9.97 Å². The molecule has 0 spiro atoms. The van der Waals surface area contributed by atoms with E-state index in [4.69, 9.17) is 0 Å². The fourth-order valence-electron chi connectivity index (χ4n) is 3.02. The van der Waals surface area contributed by atoms with E-state index in [1.54, 1.807) is 0 Å². The molecule has 2 heteroatoms. The minimum atomic E-state index is 0.492. The van der Waals surface area contributed by atoms with Crippen molar-refractivity contribution >= 4 is 21.5 Å². The van der Waals surface area contributed by atoms with E-state index in [0.717, 1.165) is 0 Å². The summed E-state index contributed by atoms with van der Waals surface area (Å²) in [5.41, 5.74) is 2.36. The molecule has 2 aromatic carbocycles. The minimum absolute atomic E-state index is 0.492. The van der Waals surface area contributed by atoms with Crippen LogP contribution in [0.5, 0.6) is 0 Å². The molecule has 4 rings (SSSR count). The summed E-state index contributed by atoms with van der Waals surface area (Å²) < 4.78 is 0. The fourth-order valence-corrected chi connectivity index (χ4v) is 3.02. The predicted molar refractivity (Wildman–Crippen MR) is 112 cm³/mol. The van der Waals surface area contributed by atoms with Gasteiger partial charge in [-0.15, -0.1) is 0 Å². The van der Waals surface area contributed by atoms with Crippen LogP contribution < -0.4 is 0 Å². The van der Waals surface area contributed by atoms with Crippen LogP contribution in [-0.4, -0.2) is 9.97 Å². The average Bonchev–Trinajstić information content (AvgIpc) is 2.67. The molecule has 0 atom stereocenters. The first-order chi connectivity index (χ1) is 12.6. The Morgan fingerprint density at radius 3 is 2.00 bits per heavy atom. The second-order valence-electron chi connectivity index (χ2n) is 7.18. The SMILES string of the molecule is CC(C)c1cc2ccccc2cn1.CC(C)c1nccc2ccccc12. The quantitative estimate of drug-likeness (QED) is 0.404. The molecule has 0 saturated heterocycles. The molecule has 0 aliphatic carbocycles. The molecule has 2 aromatic heterocycles. The molecule has 132 valence electrons. The zero-order valence-electron chi connectivity index (χ0n) is 16.0. The molecule has 0 amide bonds. The van der Waals surface area contributed by atoms with E-state index in [0.29, 0.717) is 11.8 Å². The Morgan fingerprint density at radius 1 is 0.654 bits per heavy atom. The maximum atomic E-state index is 4.41. The van der Waals surface area contributed by atoms with Gasteiger partial charge in [0.2, 0.25) is 0 Å². The topological polar surface area (TPSA) is 25.8 Å². The van der Waals surface area contributed by atoms with Crippen molar-refractivity contribution in [2.24, 2.45) is 0 Å². The summed E-state index contributed by atoms with van der Waals surface area (Å²) in [4.78, 5) is 8.81. The van der Waals surface area contributed by atoms with Crippen molar-refractivity contribution in [2.75, 3.05) is 0 Å². The number of aromatic nitrogens is 2. The van der Waals surface area contributed by atoms with Crippen molar-refractivity contribution in [3.63, 3.8) is 0 Å². The van der Waals surface area contributed by atoms with Crippen molar-refractivity contribution in [3.8, 4) is 0 Å². The van der Waals surface area contributed by atoms with Crippen molar-refractivity contribution in [3.05, 3.63) is 84.4 Å². The summed E-state index contributed by atoms with van der Waals surface area (Å²) in [7, 11) is 0. The van der Waals surface area contributed by atoms with E-state index in [-0.39, 0.29) is 0 Å². The Kier molecular flexibility index (Phi) is 5.62. The molecule has 26 heavy (non-hydrogen) atoms. The third-order valence-corrected chi connectivity index (χ3v) is 4.49. The van der Waals surface area contributed by atoms with Gasteiger partial charge in [0.25, 0.3) is 0 Å². The Bertz CT molecular complexity index is 991. The van der Waals surface area contributed by atoms with Crippen LogP contribution in [0.25, 0.3) is 21.5 Å². The second kappa shape index (κ2) is 8.09. The van der Waals surface area contributed by atoms with Crippen molar-refractivity contribution in [2.45, 2.75) is 39.5 Å². The number of nitrogens with zero attached hydrogens (tertiary/aromatic N) is 2. The van der Waals surface area contributed by atoms with Gasteiger partial charge in [0.05, 0.1) is 5.69 Å². The third kappa shape index (κ3) is 4.08. The summed E-state index contributed by atoms with van der Waals surface area (Å²) in [6.07, 6.45) is 3.84. The lowest BCUT2D eigenvalue weighted by Crippen LogP contribution is -1.92. The van der Waals surface area contributed by atoms with Gasteiger partial charge in [0, 0.05) is 28.9 Å². The highest BCUT2D eigenvalue weighted by molar-refractivity contribution is 5.84. The van der Waals surface area contributed by atoms with Crippen molar-refractivity contribution in [1.29, 1.82) is 0 Å². The average molecular weight is 342 g/mol. The van der Waals surface area contributed by atoms with Gasteiger partial charge in [-0.05, 0) is 34.7 Å². The number of pyridine rings is 2. The summed E-state index contributed by atoms with van der Waals surface area (Å²) >= 11 is 0. The molecular weight excluding hydrogens is 316 g/mol. The second-order valence-corrected chi connectivity index (χ2v) is 7.18. The Balaban J connectivity index is 0.000000151. The van der Waals surface area contributed by atoms with Crippen LogP contribution in [-0.2, 0) is 0 Å². The van der Waals surface area contributed by atoms with Gasteiger partial charge in [0.1, 0.15) is 0 Å². The Labute approximate surface area is 155 Å². The van der Waals surface area contributed by atoms with Crippen LogP contribution >= 0.6 is 0 Å². The van der Waals surface area contributed by atoms with Gasteiger partial charge >= 0.3 is 0 Å². The van der Waals surface area contributed by atoms with Crippen LogP contribution in [0.2, 0.25) is 0 Å². The van der Waals surface area contributed by atoms with Crippen LogP contribution in [0.1, 0.15) is 50.9 Å². The first-order valence-corrected chi connectivity index (χ1v) is 9.24. The van der Waals surface area contributed by atoms with Crippen LogP contribution in [0, 0.1) is 0 Å². The third-order valence-electron chi connectivity index (χ3n) is 4.49. The molecule has 0 saturated carbocycles. The first kappa shape index (κ1) is 18.1. The highest BCUT2D eigenvalue weighted by atomic mass is 14.7. The maximum Gasteiger partial charge on any atom is 0.0507 e. The van der Waals surface area contributed by atoms with E-state index in [1.807, 2.05) is 18.5 Å². The summed E-state index contributed by atoms with van der Waals surface area (Å²) in [6, 6.07) is 20.9. The molecule has 0 radical (unpaired) electrons. The Morgan fingerprint density at radius 2 is 1.31 bits per heavy atom. The van der Waals surface area contributed by atoms with Crippen molar-refractivity contribution < 1.29 is 0 Å². The molecule has 0 N–H and O–H groups in total. The zero-order chi connectivity index (χ0) is 18.5. The molecule has 2 nitrogen and oxygen atoms in total. The molecule has 0 bridgehead atoms. The zero-order valence-corrected chi connectivity index (χ0v) is 16.0. The smallest absolute Gasteiger partial charge is 0.0507 e. The van der Waals surface area contributed by atoms with E-state index in [2.05, 4.69) is 92.3 Å². The largest absolute Gasteiger partial charge is 0.260 e. The number of benzene rings is 2. The summed E-state index contributed by atoms with van der Waals surface area (Å²) in [5, 5.41) is 5.05. The monoisotopic (exact) mass is 342 g/mol. The van der Waals surface area contributed by atoms with Gasteiger partial charge in [0.15, 0.2) is 0 Å². The van der Waals surface area contributed by atoms with Gasteiger partial charge in [-0.2, -0.15) is 0 Å². The lowest BCUT2D eigenvalue weighted by atomic mass is 10.0. The molecule has 2 heterocycles. The van der Waals surface area contributed by atoms with E-state index < -0.39 is 0 Å². The number of hydrogen-bond donors (Lipinski definition) is 0. The molecule has 0 aliphatic heterocycles. The van der Waals surface area contributed by atoms with Crippen LogP contribution in [0.3, 0.4) is 0 Å². The summed E-state index contributed by atoms with van der Waals surface area (Å²) in [6.45, 7) is 8.68. The minimum Gasteiger partial charge on any atom is -0.260 e. The lowest BCUT2D eigenvalue weighted by Gasteiger charge is -2.07. The predicted octanol–water partition coefficient (Wildman–Crippen LogP) is 6.72. The number of fused-ring (bicyclic) bond motifs is 2. The molecule has 4 aromatic rings. The normalized spacial score (nSPS) is 11.0. The van der Waals surface area contributed by atoms with Gasteiger partial charge < -0.3 is 0 Å². The first-order valence-electron chi connectivity index (χ1n) is 9.24. The van der Waals surface area contributed by atoms with Gasteiger partial charge in [-0.3, -0.25) is 9.97 Å². The van der Waals surface area contributed by atoms with Gasteiger partial charge in [-0.1, -0.05) is 76.2 Å². The van der Waals surface area contributed by atoms with E-state index in [1.165, 1.54) is 32.9 Å².